The van der Waals surface area contributed by atoms with E-state index in [0.717, 1.165) is 96.3 Å². The summed E-state index contributed by atoms with van der Waals surface area (Å²) in [6.45, 7) is 6.53. The van der Waals surface area contributed by atoms with E-state index in [9.17, 15) is 14.4 Å². The lowest BCUT2D eigenvalue weighted by molar-refractivity contribution is -0.167. The molecule has 0 aliphatic heterocycles. The van der Waals surface area contributed by atoms with Crippen molar-refractivity contribution >= 4 is 17.9 Å². The van der Waals surface area contributed by atoms with Crippen LogP contribution in [-0.4, -0.2) is 37.2 Å². The standard InChI is InChI=1S/C58H104O6/c1-4-7-10-13-16-19-22-25-28-29-31-33-36-39-42-45-48-51-57(60)63-54-55(53-62-56(59)50-47-44-41-38-35-32-27-24-21-18-15-12-9-6-3)64-58(61)52-49-46-43-40-37-34-30-26-23-20-17-14-11-8-5-2/h8,11,17,20,25-26,28,30,55H,4-7,9-10,12-16,18-19,21-24,27,29,31-54H2,1-3H3/b11-8+,20-17+,28-25+,30-26+/t55-/m1/s1. The number of ether oxygens (including phenoxy) is 3. The molecule has 0 saturated heterocycles. The number of rotatable bonds is 50. The van der Waals surface area contributed by atoms with E-state index in [-0.39, 0.29) is 31.1 Å². The molecule has 0 rings (SSSR count). The third-order valence-electron chi connectivity index (χ3n) is 12.1. The Morgan fingerprint density at radius 1 is 0.328 bits per heavy atom. The molecule has 0 saturated carbocycles. The predicted molar refractivity (Wildman–Crippen MR) is 275 cm³/mol. The number of hydrogen-bond acceptors (Lipinski definition) is 6. The van der Waals surface area contributed by atoms with Crippen molar-refractivity contribution in [3.8, 4) is 0 Å². The van der Waals surface area contributed by atoms with Crippen LogP contribution in [0.4, 0.5) is 0 Å². The highest BCUT2D eigenvalue weighted by Crippen LogP contribution is 2.16. The molecule has 0 aliphatic carbocycles. The maximum absolute atomic E-state index is 12.8. The Morgan fingerprint density at radius 2 is 0.609 bits per heavy atom. The van der Waals surface area contributed by atoms with Crippen LogP contribution in [0.15, 0.2) is 48.6 Å². The van der Waals surface area contributed by atoms with Gasteiger partial charge in [-0.3, -0.25) is 14.4 Å². The summed E-state index contributed by atoms with van der Waals surface area (Å²) in [5, 5.41) is 0. The summed E-state index contributed by atoms with van der Waals surface area (Å²) in [4.78, 5) is 38.1. The molecule has 0 aliphatic rings. The molecule has 6 nitrogen and oxygen atoms in total. The van der Waals surface area contributed by atoms with Gasteiger partial charge in [-0.25, -0.2) is 0 Å². The first-order chi connectivity index (χ1) is 31.5. The SMILES string of the molecule is CC/C=C/C/C=C/C/C=C/CCCCCCCC(=O)O[C@@H](COC(=O)CCCCCCCCC/C=C/CCCCCCCC)COC(=O)CCCCCCCCCCCCCCCC. The monoisotopic (exact) mass is 897 g/mol. The Kier molecular flexibility index (Phi) is 50.8. The van der Waals surface area contributed by atoms with Crippen LogP contribution in [0, 0.1) is 0 Å². The second-order valence-corrected chi connectivity index (χ2v) is 18.5. The number of carbonyl (C=O) groups excluding carboxylic acids is 3. The maximum atomic E-state index is 12.8. The quantitative estimate of drug-likeness (QED) is 0.0262. The van der Waals surface area contributed by atoms with E-state index in [2.05, 4.69) is 69.4 Å². The van der Waals surface area contributed by atoms with Crippen LogP contribution < -0.4 is 0 Å². The fraction of sp³-hybridized carbons (Fsp3) is 0.810. The highest BCUT2D eigenvalue weighted by molar-refractivity contribution is 5.71. The highest BCUT2D eigenvalue weighted by Gasteiger charge is 2.19. The minimum Gasteiger partial charge on any atom is -0.462 e. The number of esters is 3. The van der Waals surface area contributed by atoms with Crippen molar-refractivity contribution in [2.75, 3.05) is 13.2 Å². The summed E-state index contributed by atoms with van der Waals surface area (Å²) in [6, 6.07) is 0. The fourth-order valence-electron chi connectivity index (χ4n) is 7.92. The van der Waals surface area contributed by atoms with E-state index in [0.29, 0.717) is 19.3 Å². The Morgan fingerprint density at radius 3 is 0.969 bits per heavy atom. The van der Waals surface area contributed by atoms with Crippen LogP contribution in [0.2, 0.25) is 0 Å². The van der Waals surface area contributed by atoms with Crippen molar-refractivity contribution in [2.24, 2.45) is 0 Å². The van der Waals surface area contributed by atoms with E-state index in [4.69, 9.17) is 14.2 Å². The van der Waals surface area contributed by atoms with Crippen molar-refractivity contribution in [2.45, 2.75) is 290 Å². The third kappa shape index (κ3) is 50.4. The molecule has 64 heavy (non-hydrogen) atoms. The van der Waals surface area contributed by atoms with Gasteiger partial charge in [0.15, 0.2) is 6.10 Å². The number of unbranched alkanes of at least 4 members (excludes halogenated alkanes) is 31. The number of carbonyl (C=O) groups is 3. The van der Waals surface area contributed by atoms with Gasteiger partial charge in [-0.1, -0.05) is 236 Å². The largest absolute Gasteiger partial charge is 0.462 e. The van der Waals surface area contributed by atoms with E-state index in [1.165, 1.54) is 148 Å². The van der Waals surface area contributed by atoms with E-state index in [1.807, 2.05) is 0 Å². The molecule has 0 spiro atoms. The average Bonchev–Trinajstić information content (AvgIpc) is 3.29. The van der Waals surface area contributed by atoms with Gasteiger partial charge in [0, 0.05) is 19.3 Å². The maximum Gasteiger partial charge on any atom is 0.306 e. The van der Waals surface area contributed by atoms with Gasteiger partial charge < -0.3 is 14.2 Å². The molecule has 0 amide bonds. The topological polar surface area (TPSA) is 78.9 Å². The van der Waals surface area contributed by atoms with Crippen molar-refractivity contribution < 1.29 is 28.6 Å². The Balaban J connectivity index is 4.38. The van der Waals surface area contributed by atoms with Crippen molar-refractivity contribution in [3.05, 3.63) is 48.6 Å². The van der Waals surface area contributed by atoms with Gasteiger partial charge in [0.05, 0.1) is 0 Å². The van der Waals surface area contributed by atoms with Gasteiger partial charge in [0.1, 0.15) is 13.2 Å². The Hall–Kier alpha value is -2.63. The lowest BCUT2D eigenvalue weighted by atomic mass is 10.0. The third-order valence-corrected chi connectivity index (χ3v) is 12.1. The van der Waals surface area contributed by atoms with Gasteiger partial charge in [0.2, 0.25) is 0 Å². The van der Waals surface area contributed by atoms with Crippen LogP contribution in [-0.2, 0) is 28.6 Å². The zero-order chi connectivity index (χ0) is 46.5. The van der Waals surface area contributed by atoms with Gasteiger partial charge >= 0.3 is 17.9 Å². The first-order valence-electron chi connectivity index (χ1n) is 27.6. The molecule has 0 aromatic heterocycles. The lowest BCUT2D eigenvalue weighted by Gasteiger charge is -2.18. The van der Waals surface area contributed by atoms with E-state index < -0.39 is 6.10 Å². The first kappa shape index (κ1) is 61.4. The summed E-state index contributed by atoms with van der Waals surface area (Å²) >= 11 is 0. The molecule has 0 unspecified atom stereocenters. The molecule has 0 heterocycles. The van der Waals surface area contributed by atoms with Crippen molar-refractivity contribution in [1.29, 1.82) is 0 Å². The van der Waals surface area contributed by atoms with E-state index >= 15 is 0 Å². The van der Waals surface area contributed by atoms with Crippen LogP contribution >= 0.6 is 0 Å². The van der Waals surface area contributed by atoms with Gasteiger partial charge in [0.25, 0.3) is 0 Å². The molecule has 0 N–H and O–H groups in total. The molecule has 0 aromatic carbocycles. The van der Waals surface area contributed by atoms with Crippen LogP contribution in [0.5, 0.6) is 0 Å². The zero-order valence-corrected chi connectivity index (χ0v) is 42.6. The lowest BCUT2D eigenvalue weighted by Crippen LogP contribution is -2.30. The molecular weight excluding hydrogens is 793 g/mol. The molecule has 0 fully saturated rings. The molecule has 372 valence electrons. The van der Waals surface area contributed by atoms with E-state index in [1.54, 1.807) is 0 Å². The minimum absolute atomic E-state index is 0.0788. The highest BCUT2D eigenvalue weighted by atomic mass is 16.6. The summed E-state index contributed by atoms with van der Waals surface area (Å²) in [7, 11) is 0. The summed E-state index contributed by atoms with van der Waals surface area (Å²) < 4.78 is 16.8. The van der Waals surface area contributed by atoms with Gasteiger partial charge in [-0.2, -0.15) is 0 Å². The predicted octanol–water partition coefficient (Wildman–Crippen LogP) is 18.3. The van der Waals surface area contributed by atoms with Gasteiger partial charge in [-0.15, -0.1) is 0 Å². The van der Waals surface area contributed by atoms with Crippen LogP contribution in [0.1, 0.15) is 284 Å². The molecule has 0 radical (unpaired) electrons. The number of allylic oxidation sites excluding steroid dienone is 8. The fourth-order valence-corrected chi connectivity index (χ4v) is 7.92. The average molecular weight is 897 g/mol. The second-order valence-electron chi connectivity index (χ2n) is 18.5. The molecular formula is C58H104O6. The summed E-state index contributed by atoms with van der Waals surface area (Å²) in [5.41, 5.74) is 0. The molecule has 0 bridgehead atoms. The Labute approximate surface area is 397 Å². The number of hydrogen-bond donors (Lipinski definition) is 0. The zero-order valence-electron chi connectivity index (χ0n) is 42.6. The normalized spacial score (nSPS) is 12.4. The summed E-state index contributed by atoms with van der Waals surface area (Å²) in [6.07, 6.45) is 63.8. The van der Waals surface area contributed by atoms with Crippen molar-refractivity contribution in [3.63, 3.8) is 0 Å². The molecule has 6 heteroatoms. The smallest absolute Gasteiger partial charge is 0.306 e. The van der Waals surface area contributed by atoms with Crippen LogP contribution in [0.25, 0.3) is 0 Å². The van der Waals surface area contributed by atoms with Gasteiger partial charge in [-0.05, 0) is 77.0 Å². The summed E-state index contributed by atoms with van der Waals surface area (Å²) in [5.74, 6) is -0.888. The molecule has 0 aromatic rings. The molecule has 1 atom stereocenters. The van der Waals surface area contributed by atoms with Crippen LogP contribution in [0.3, 0.4) is 0 Å². The van der Waals surface area contributed by atoms with Crippen molar-refractivity contribution in [1.82, 2.24) is 0 Å². The second kappa shape index (κ2) is 53.0. The Bertz CT molecular complexity index is 1120. The minimum atomic E-state index is -0.781. The first-order valence-corrected chi connectivity index (χ1v) is 27.6.